The topological polar surface area (TPSA) is 145 Å². The Kier molecular flexibility index (Phi) is 9.64. The fraction of sp³-hybridized carbons (Fsp3) is 0.206. The van der Waals surface area contributed by atoms with Gasteiger partial charge in [-0.15, -0.1) is 21.5 Å². The van der Waals surface area contributed by atoms with Crippen LogP contribution in [0.4, 0.5) is 5.69 Å². The van der Waals surface area contributed by atoms with Crippen LogP contribution < -0.4 is 10.1 Å². The van der Waals surface area contributed by atoms with Crippen LogP contribution in [0, 0.1) is 24.0 Å². The van der Waals surface area contributed by atoms with Crippen molar-refractivity contribution in [2.45, 2.75) is 38.0 Å². The Morgan fingerprint density at radius 1 is 1.04 bits per heavy atom. The number of hydrogen-bond donors (Lipinski definition) is 1. The van der Waals surface area contributed by atoms with Crippen molar-refractivity contribution in [3.05, 3.63) is 127 Å². The normalized spacial score (nSPS) is 14.1. The van der Waals surface area contributed by atoms with Gasteiger partial charge in [-0.25, -0.2) is 5.01 Å². The number of carbonyl (C=O) groups excluding carboxylic acids is 2. The molecule has 3 heterocycles. The molecule has 1 N–H and O–H groups in total. The van der Waals surface area contributed by atoms with E-state index < -0.39 is 10.8 Å². The van der Waals surface area contributed by atoms with Crippen molar-refractivity contribution in [2.75, 3.05) is 12.9 Å². The largest absolute Gasteiger partial charge is 0.497 e. The first-order chi connectivity index (χ1) is 23.2. The van der Waals surface area contributed by atoms with E-state index >= 15 is 0 Å². The Morgan fingerprint density at radius 3 is 2.50 bits per heavy atom. The molecule has 0 aliphatic carbocycles. The number of methoxy groups -OCH3 is 1. The molecule has 0 saturated heterocycles. The van der Waals surface area contributed by atoms with Gasteiger partial charge in [0.15, 0.2) is 11.0 Å². The molecule has 0 spiro atoms. The lowest BCUT2D eigenvalue weighted by atomic mass is 10.0. The van der Waals surface area contributed by atoms with E-state index in [1.807, 2.05) is 78.4 Å². The number of benzene rings is 3. The molecule has 1 aliphatic heterocycles. The van der Waals surface area contributed by atoms with Gasteiger partial charge in [0.2, 0.25) is 0 Å². The predicted molar refractivity (Wildman–Crippen MR) is 184 cm³/mol. The van der Waals surface area contributed by atoms with Crippen LogP contribution in [0.5, 0.6) is 5.75 Å². The van der Waals surface area contributed by atoms with Gasteiger partial charge in [0.05, 0.1) is 46.6 Å². The monoisotopic (exact) mass is 681 g/mol. The van der Waals surface area contributed by atoms with Gasteiger partial charge in [0.1, 0.15) is 5.75 Å². The minimum absolute atomic E-state index is 0.0326. The summed E-state index contributed by atoms with van der Waals surface area (Å²) in [6.45, 7) is 4.03. The Morgan fingerprint density at radius 2 is 1.81 bits per heavy atom. The molecule has 1 atom stereocenters. The summed E-state index contributed by atoms with van der Waals surface area (Å²) in [6.07, 6.45) is 0.584. The summed E-state index contributed by atoms with van der Waals surface area (Å²) in [5, 5.41) is 31.5. The number of nitrogens with zero attached hydrogens (tertiary/aromatic N) is 6. The van der Waals surface area contributed by atoms with E-state index in [0.717, 1.165) is 38.7 Å². The maximum atomic E-state index is 13.9. The number of carbonyl (C=O) groups is 2. The maximum Gasteiger partial charge on any atom is 0.269 e. The van der Waals surface area contributed by atoms with Crippen LogP contribution in [-0.4, -0.2) is 55.1 Å². The summed E-state index contributed by atoms with van der Waals surface area (Å²) in [7, 11) is 1.62. The van der Waals surface area contributed by atoms with Crippen LogP contribution in [0.15, 0.2) is 94.5 Å². The molecule has 14 heteroatoms. The van der Waals surface area contributed by atoms with E-state index in [9.17, 15) is 19.7 Å². The van der Waals surface area contributed by atoms with Crippen LogP contribution in [-0.2, 0) is 11.3 Å². The Hall–Kier alpha value is -5.34. The van der Waals surface area contributed by atoms with E-state index in [1.54, 1.807) is 23.5 Å². The van der Waals surface area contributed by atoms with Gasteiger partial charge >= 0.3 is 0 Å². The third kappa shape index (κ3) is 6.85. The SMILES string of the molecule is COc1ccc([C@@H]2CC(c3cccs3)=NN2C(=O)CSc2nnc(CNC(=O)c3ccc([N+](=O)[O-])cc3)n2-c2cccc(C)c2C)cc1. The zero-order valence-electron chi connectivity index (χ0n) is 26.3. The maximum absolute atomic E-state index is 13.9. The number of thiophene rings is 1. The van der Waals surface area contributed by atoms with Crippen molar-refractivity contribution >= 4 is 46.3 Å². The highest BCUT2D eigenvalue weighted by atomic mass is 32.2. The molecule has 0 fully saturated rings. The van der Waals surface area contributed by atoms with Crippen LogP contribution >= 0.6 is 23.1 Å². The summed E-state index contributed by atoms with van der Waals surface area (Å²) in [4.78, 5) is 38.3. The number of amides is 2. The third-order valence-electron chi connectivity index (χ3n) is 8.06. The summed E-state index contributed by atoms with van der Waals surface area (Å²) in [5.41, 5.74) is 4.86. The highest BCUT2D eigenvalue weighted by Crippen LogP contribution is 2.36. The lowest BCUT2D eigenvalue weighted by molar-refractivity contribution is -0.384. The standard InChI is InChI=1S/C34H31N7O5S2/c1-21-6-4-7-28(22(21)2)39-31(19-35-33(43)24-9-13-25(14-10-24)41(44)45)36-37-34(39)48-20-32(42)40-29(23-11-15-26(46-3)16-12-23)18-27(38-40)30-8-5-17-47-30/h4-17,29H,18-20H2,1-3H3,(H,35,43)/t29-/m0/s1. The van der Waals surface area contributed by atoms with Crippen LogP contribution in [0.25, 0.3) is 5.69 Å². The fourth-order valence-corrected chi connectivity index (χ4v) is 6.87. The van der Waals surface area contributed by atoms with Gasteiger partial charge in [0.25, 0.3) is 17.5 Å². The number of nitrogens with one attached hydrogen (secondary N) is 1. The van der Waals surface area contributed by atoms with E-state index in [-0.39, 0.29) is 35.5 Å². The van der Waals surface area contributed by atoms with Gasteiger partial charge in [-0.1, -0.05) is 42.1 Å². The first kappa shape index (κ1) is 32.6. The van der Waals surface area contributed by atoms with Crippen molar-refractivity contribution in [1.29, 1.82) is 0 Å². The Bertz CT molecular complexity index is 1990. The molecule has 12 nitrogen and oxygen atoms in total. The molecule has 5 aromatic rings. The number of hydrazone groups is 1. The average Bonchev–Trinajstić information content (AvgIpc) is 3.88. The second-order valence-corrected chi connectivity index (χ2v) is 12.9. The molecular formula is C34H31N7O5S2. The van der Waals surface area contributed by atoms with Crippen molar-refractivity contribution in [3.63, 3.8) is 0 Å². The number of nitro benzene ring substituents is 1. The second-order valence-electron chi connectivity index (χ2n) is 11.0. The zero-order chi connectivity index (χ0) is 33.8. The molecule has 3 aromatic carbocycles. The number of aromatic nitrogens is 3. The van der Waals surface area contributed by atoms with Gasteiger partial charge in [-0.05, 0) is 72.3 Å². The van der Waals surface area contributed by atoms with Crippen molar-refractivity contribution in [1.82, 2.24) is 25.1 Å². The predicted octanol–water partition coefficient (Wildman–Crippen LogP) is 6.26. The molecular weight excluding hydrogens is 651 g/mol. The van der Waals surface area contributed by atoms with Crippen molar-refractivity contribution in [3.8, 4) is 11.4 Å². The lowest BCUT2D eigenvalue weighted by Crippen LogP contribution is -2.28. The molecule has 2 amide bonds. The summed E-state index contributed by atoms with van der Waals surface area (Å²) >= 11 is 2.83. The molecule has 244 valence electrons. The fourth-order valence-electron chi connectivity index (χ4n) is 5.33. The minimum atomic E-state index is -0.518. The first-order valence-electron chi connectivity index (χ1n) is 15.0. The molecule has 0 radical (unpaired) electrons. The molecule has 0 unspecified atom stereocenters. The summed E-state index contributed by atoms with van der Waals surface area (Å²) in [5.74, 6) is 0.643. The van der Waals surface area contributed by atoms with E-state index in [1.165, 1.54) is 36.0 Å². The average molecular weight is 682 g/mol. The number of aryl methyl sites for hydroxylation is 1. The van der Waals surface area contributed by atoms with E-state index in [2.05, 4.69) is 15.5 Å². The van der Waals surface area contributed by atoms with Gasteiger partial charge in [0, 0.05) is 24.1 Å². The quantitative estimate of drug-likeness (QED) is 0.0977. The Labute approximate surface area is 284 Å². The van der Waals surface area contributed by atoms with Crippen molar-refractivity contribution < 1.29 is 19.2 Å². The van der Waals surface area contributed by atoms with Crippen LogP contribution in [0.1, 0.15) is 50.2 Å². The molecule has 1 aliphatic rings. The smallest absolute Gasteiger partial charge is 0.269 e. The molecule has 2 aromatic heterocycles. The number of rotatable bonds is 11. The highest BCUT2D eigenvalue weighted by molar-refractivity contribution is 7.99. The van der Waals surface area contributed by atoms with Gasteiger partial charge < -0.3 is 10.1 Å². The number of hydrogen-bond acceptors (Lipinski definition) is 10. The molecule has 0 bridgehead atoms. The lowest BCUT2D eigenvalue weighted by Gasteiger charge is -2.22. The molecule has 6 rings (SSSR count). The minimum Gasteiger partial charge on any atom is -0.497 e. The first-order valence-corrected chi connectivity index (χ1v) is 16.8. The van der Waals surface area contributed by atoms with Crippen LogP contribution in [0.3, 0.4) is 0 Å². The highest BCUT2D eigenvalue weighted by Gasteiger charge is 2.34. The van der Waals surface area contributed by atoms with E-state index in [4.69, 9.17) is 9.84 Å². The number of thioether (sulfide) groups is 1. The van der Waals surface area contributed by atoms with Gasteiger partial charge in [-0.2, -0.15) is 5.10 Å². The number of non-ortho nitro benzene ring substituents is 1. The number of nitro groups is 1. The molecule has 48 heavy (non-hydrogen) atoms. The Balaban J connectivity index is 1.24. The second kappa shape index (κ2) is 14.2. The zero-order valence-corrected chi connectivity index (χ0v) is 28.0. The summed E-state index contributed by atoms with van der Waals surface area (Å²) < 4.78 is 7.18. The molecule has 0 saturated carbocycles. The summed E-state index contributed by atoms with van der Waals surface area (Å²) in [6, 6.07) is 22.6. The van der Waals surface area contributed by atoms with Gasteiger partial charge in [-0.3, -0.25) is 24.3 Å². The number of ether oxygens (including phenoxy) is 1. The third-order valence-corrected chi connectivity index (χ3v) is 9.89. The van der Waals surface area contributed by atoms with E-state index in [0.29, 0.717) is 17.4 Å². The van der Waals surface area contributed by atoms with Crippen molar-refractivity contribution in [2.24, 2.45) is 5.10 Å². The van der Waals surface area contributed by atoms with Crippen LogP contribution in [0.2, 0.25) is 0 Å².